The Morgan fingerprint density at radius 1 is 1.24 bits per heavy atom. The van der Waals surface area contributed by atoms with Gasteiger partial charge in [0.25, 0.3) is 0 Å². The monoisotopic (exact) mass is 240 g/mol. The van der Waals surface area contributed by atoms with Gasteiger partial charge in [-0.2, -0.15) is 0 Å². The summed E-state index contributed by atoms with van der Waals surface area (Å²) in [5, 5.41) is 9.39. The predicted molar refractivity (Wildman–Crippen MR) is 66.7 cm³/mol. The highest BCUT2D eigenvalue weighted by atomic mass is 16.3. The van der Waals surface area contributed by atoms with Gasteiger partial charge in [-0.25, -0.2) is 0 Å². The lowest BCUT2D eigenvalue weighted by Crippen LogP contribution is -2.53. The predicted octanol–water partition coefficient (Wildman–Crippen LogP) is 0.844. The van der Waals surface area contributed by atoms with Crippen LogP contribution in [0.3, 0.4) is 0 Å². The zero-order valence-corrected chi connectivity index (χ0v) is 10.8. The van der Waals surface area contributed by atoms with Crippen LogP contribution in [0.15, 0.2) is 0 Å². The molecule has 2 unspecified atom stereocenters. The van der Waals surface area contributed by atoms with Crippen molar-refractivity contribution in [3.8, 4) is 0 Å². The number of likely N-dealkylation sites (tertiary alicyclic amines) is 2. The van der Waals surface area contributed by atoms with Gasteiger partial charge in [-0.1, -0.05) is 6.42 Å². The van der Waals surface area contributed by atoms with Gasteiger partial charge in [-0.15, -0.1) is 0 Å². The summed E-state index contributed by atoms with van der Waals surface area (Å²) >= 11 is 0. The second kappa shape index (κ2) is 5.83. The minimum absolute atomic E-state index is 0.0643. The highest BCUT2D eigenvalue weighted by molar-refractivity contribution is 5.81. The summed E-state index contributed by atoms with van der Waals surface area (Å²) in [4.78, 5) is 16.5. The molecule has 0 aliphatic carbocycles. The van der Waals surface area contributed by atoms with Crippen molar-refractivity contribution in [3.63, 3.8) is 0 Å². The van der Waals surface area contributed by atoms with Gasteiger partial charge < -0.3 is 10.0 Å². The van der Waals surface area contributed by atoms with E-state index in [0.717, 1.165) is 45.3 Å². The van der Waals surface area contributed by atoms with Crippen LogP contribution >= 0.6 is 0 Å². The van der Waals surface area contributed by atoms with Crippen LogP contribution in [0.5, 0.6) is 0 Å². The van der Waals surface area contributed by atoms with E-state index in [-0.39, 0.29) is 24.6 Å². The molecule has 0 bridgehead atoms. The smallest absolute Gasteiger partial charge is 0.239 e. The molecule has 0 aromatic heterocycles. The molecule has 1 amide bonds. The van der Waals surface area contributed by atoms with Crippen molar-refractivity contribution in [1.29, 1.82) is 0 Å². The first-order valence-corrected chi connectivity index (χ1v) is 6.89. The summed E-state index contributed by atoms with van der Waals surface area (Å²) in [6, 6.07) is 0.121. The molecule has 2 aliphatic heterocycles. The Labute approximate surface area is 104 Å². The Morgan fingerprint density at radius 3 is 2.53 bits per heavy atom. The lowest BCUT2D eigenvalue weighted by Gasteiger charge is -2.39. The summed E-state index contributed by atoms with van der Waals surface area (Å²) < 4.78 is 0. The number of amides is 1. The molecule has 0 radical (unpaired) electrons. The third kappa shape index (κ3) is 2.80. The number of carbonyl (C=O) groups is 1. The molecule has 4 nitrogen and oxygen atoms in total. The van der Waals surface area contributed by atoms with E-state index >= 15 is 0 Å². The minimum atomic E-state index is -0.0643. The van der Waals surface area contributed by atoms with E-state index in [2.05, 4.69) is 4.90 Å². The Bertz CT molecular complexity index is 264. The number of nitrogens with zero attached hydrogens (tertiary/aromatic N) is 2. The lowest BCUT2D eigenvalue weighted by atomic mass is 10.0. The number of aliphatic hydroxyl groups excluding tert-OH is 1. The fourth-order valence-corrected chi connectivity index (χ4v) is 3.07. The summed E-state index contributed by atoms with van der Waals surface area (Å²) in [5.41, 5.74) is 0. The van der Waals surface area contributed by atoms with E-state index < -0.39 is 0 Å². The van der Waals surface area contributed by atoms with Crippen LogP contribution in [0.4, 0.5) is 0 Å². The Balaban J connectivity index is 1.96. The maximum Gasteiger partial charge on any atom is 0.239 e. The summed E-state index contributed by atoms with van der Waals surface area (Å²) in [5.74, 6) is 0.253. The summed E-state index contributed by atoms with van der Waals surface area (Å²) in [7, 11) is 0. The molecule has 2 heterocycles. The zero-order valence-electron chi connectivity index (χ0n) is 10.8. The van der Waals surface area contributed by atoms with Crippen molar-refractivity contribution >= 4 is 5.91 Å². The Kier molecular flexibility index (Phi) is 4.40. The summed E-state index contributed by atoms with van der Waals surface area (Å²) in [6.07, 6.45) is 5.62. The summed E-state index contributed by atoms with van der Waals surface area (Å²) in [6.45, 7) is 4.96. The maximum atomic E-state index is 12.3. The van der Waals surface area contributed by atoms with Crippen LogP contribution in [0.25, 0.3) is 0 Å². The van der Waals surface area contributed by atoms with Gasteiger partial charge in [0.05, 0.1) is 12.6 Å². The number of hydrogen-bond donors (Lipinski definition) is 1. The van der Waals surface area contributed by atoms with Gasteiger partial charge in [0.2, 0.25) is 5.91 Å². The molecule has 4 heteroatoms. The van der Waals surface area contributed by atoms with Gasteiger partial charge in [-0.05, 0) is 39.2 Å². The molecule has 0 spiro atoms. The zero-order chi connectivity index (χ0) is 12.3. The molecule has 2 fully saturated rings. The van der Waals surface area contributed by atoms with E-state index in [4.69, 9.17) is 0 Å². The number of rotatable bonds is 3. The van der Waals surface area contributed by atoms with E-state index in [1.165, 1.54) is 6.42 Å². The number of hydrogen-bond acceptors (Lipinski definition) is 3. The van der Waals surface area contributed by atoms with Crippen molar-refractivity contribution < 1.29 is 9.90 Å². The fourth-order valence-electron chi connectivity index (χ4n) is 3.07. The van der Waals surface area contributed by atoms with Crippen molar-refractivity contribution in [1.82, 2.24) is 9.80 Å². The van der Waals surface area contributed by atoms with Crippen LogP contribution in [0, 0.1) is 0 Å². The molecule has 2 rings (SSSR count). The van der Waals surface area contributed by atoms with Gasteiger partial charge >= 0.3 is 0 Å². The number of carbonyl (C=O) groups excluding carboxylic acids is 1. The normalized spacial score (nSPS) is 28.4. The SMILES string of the molecule is CC(C(=O)N1CCCC1)N1CCCCC1CO. The molecule has 17 heavy (non-hydrogen) atoms. The van der Waals surface area contributed by atoms with Gasteiger partial charge in [-0.3, -0.25) is 9.69 Å². The largest absolute Gasteiger partial charge is 0.395 e. The van der Waals surface area contributed by atoms with E-state index in [0.29, 0.717) is 0 Å². The topological polar surface area (TPSA) is 43.8 Å². The lowest BCUT2D eigenvalue weighted by molar-refractivity contribution is -0.137. The molecular formula is C13H24N2O2. The Hall–Kier alpha value is -0.610. The standard InChI is InChI=1S/C13H24N2O2/c1-11(13(17)14-7-4-5-8-14)15-9-3-2-6-12(15)10-16/h11-12,16H,2-10H2,1H3. The van der Waals surface area contributed by atoms with Gasteiger partial charge in [0.1, 0.15) is 0 Å². The molecule has 2 aliphatic rings. The molecule has 2 saturated heterocycles. The third-order valence-corrected chi connectivity index (χ3v) is 4.16. The van der Waals surface area contributed by atoms with Crippen molar-refractivity contribution in [2.24, 2.45) is 0 Å². The number of aliphatic hydroxyl groups is 1. The van der Waals surface area contributed by atoms with Crippen LogP contribution in [-0.4, -0.2) is 59.1 Å². The van der Waals surface area contributed by atoms with E-state index in [9.17, 15) is 9.90 Å². The Morgan fingerprint density at radius 2 is 1.88 bits per heavy atom. The van der Waals surface area contributed by atoms with Gasteiger partial charge in [0.15, 0.2) is 0 Å². The molecule has 0 saturated carbocycles. The maximum absolute atomic E-state index is 12.3. The minimum Gasteiger partial charge on any atom is -0.395 e. The fraction of sp³-hybridized carbons (Fsp3) is 0.923. The average Bonchev–Trinajstić information content (AvgIpc) is 2.90. The first-order valence-electron chi connectivity index (χ1n) is 6.89. The van der Waals surface area contributed by atoms with Crippen LogP contribution in [-0.2, 0) is 4.79 Å². The average molecular weight is 240 g/mol. The molecular weight excluding hydrogens is 216 g/mol. The van der Waals surface area contributed by atoms with Crippen molar-refractivity contribution in [2.45, 2.75) is 51.1 Å². The quantitative estimate of drug-likeness (QED) is 0.795. The van der Waals surface area contributed by atoms with Crippen molar-refractivity contribution in [3.05, 3.63) is 0 Å². The van der Waals surface area contributed by atoms with Crippen LogP contribution in [0.1, 0.15) is 39.0 Å². The highest BCUT2D eigenvalue weighted by Crippen LogP contribution is 2.21. The molecule has 0 aromatic rings. The second-order valence-corrected chi connectivity index (χ2v) is 5.28. The molecule has 0 aromatic carbocycles. The molecule has 2 atom stereocenters. The molecule has 98 valence electrons. The third-order valence-electron chi connectivity index (χ3n) is 4.16. The van der Waals surface area contributed by atoms with Crippen LogP contribution < -0.4 is 0 Å². The first-order chi connectivity index (χ1) is 8.24. The van der Waals surface area contributed by atoms with Crippen LogP contribution in [0.2, 0.25) is 0 Å². The van der Waals surface area contributed by atoms with Gasteiger partial charge in [0, 0.05) is 19.1 Å². The number of piperidine rings is 1. The van der Waals surface area contributed by atoms with Crippen molar-refractivity contribution in [2.75, 3.05) is 26.2 Å². The van der Waals surface area contributed by atoms with E-state index in [1.807, 2.05) is 11.8 Å². The first kappa shape index (κ1) is 12.8. The highest BCUT2D eigenvalue weighted by Gasteiger charge is 2.32. The molecule has 1 N–H and O–H groups in total. The second-order valence-electron chi connectivity index (χ2n) is 5.28. The van der Waals surface area contributed by atoms with E-state index in [1.54, 1.807) is 0 Å².